The number of rotatable bonds is 6. The molecule has 0 aliphatic carbocycles. The summed E-state index contributed by atoms with van der Waals surface area (Å²) < 4.78 is 0. The highest BCUT2D eigenvalue weighted by Crippen LogP contribution is 2.23. The van der Waals surface area contributed by atoms with E-state index < -0.39 is 11.4 Å². The Kier molecular flexibility index (Phi) is 5.27. The highest BCUT2D eigenvalue weighted by atomic mass is 16.4. The zero-order chi connectivity index (χ0) is 15.2. The third kappa shape index (κ3) is 4.73. The molecule has 1 aromatic carbocycles. The number of anilines is 1. The van der Waals surface area contributed by atoms with E-state index in [2.05, 4.69) is 11.4 Å². The lowest BCUT2D eigenvalue weighted by Gasteiger charge is -2.16. The smallest absolute Gasteiger partial charge is 0.303 e. The van der Waals surface area contributed by atoms with E-state index in [-0.39, 0.29) is 18.7 Å². The van der Waals surface area contributed by atoms with Crippen molar-refractivity contribution in [2.45, 2.75) is 38.5 Å². The van der Waals surface area contributed by atoms with Crippen molar-refractivity contribution in [1.82, 2.24) is 0 Å². The molecule has 20 heavy (non-hydrogen) atoms. The predicted octanol–water partition coefficient (Wildman–Crippen LogP) is 2.68. The third-order valence-electron chi connectivity index (χ3n) is 2.96. The molecule has 106 valence electrons. The lowest BCUT2D eigenvalue weighted by atomic mass is 9.86. The molecular weight excluding hydrogens is 256 g/mol. The minimum absolute atomic E-state index is 0.0112. The van der Waals surface area contributed by atoms with Crippen LogP contribution < -0.4 is 5.32 Å². The van der Waals surface area contributed by atoms with Crippen molar-refractivity contribution in [2.75, 3.05) is 5.32 Å². The molecule has 0 heterocycles. The summed E-state index contributed by atoms with van der Waals surface area (Å²) >= 11 is 0. The van der Waals surface area contributed by atoms with Crippen LogP contribution in [0.5, 0.6) is 0 Å². The molecule has 0 bridgehead atoms. The van der Waals surface area contributed by atoms with Crippen molar-refractivity contribution in [3.63, 3.8) is 0 Å². The molecule has 0 unspecified atom stereocenters. The summed E-state index contributed by atoms with van der Waals surface area (Å²) in [6.07, 6.45) is 0.487. The molecule has 1 aromatic rings. The number of nitriles is 1. The van der Waals surface area contributed by atoms with E-state index in [1.54, 1.807) is 24.3 Å². The Hall–Kier alpha value is -2.35. The fourth-order valence-electron chi connectivity index (χ4n) is 1.66. The molecule has 5 heteroatoms. The number of hydrogen-bond donors (Lipinski definition) is 2. The van der Waals surface area contributed by atoms with Crippen LogP contribution in [0.1, 0.15) is 38.7 Å². The normalized spacial score (nSPS) is 10.7. The molecule has 0 aliphatic rings. The molecule has 0 atom stereocenters. The summed E-state index contributed by atoms with van der Waals surface area (Å²) in [6, 6.07) is 9.30. The lowest BCUT2D eigenvalue weighted by Crippen LogP contribution is -2.15. The van der Waals surface area contributed by atoms with Crippen LogP contribution in [0, 0.1) is 11.3 Å². The second-order valence-corrected chi connectivity index (χ2v) is 5.11. The predicted molar refractivity (Wildman–Crippen MR) is 75.2 cm³/mol. The van der Waals surface area contributed by atoms with Gasteiger partial charge in [0.2, 0.25) is 5.91 Å². The van der Waals surface area contributed by atoms with Gasteiger partial charge in [0.1, 0.15) is 0 Å². The first-order valence-electron chi connectivity index (χ1n) is 6.38. The van der Waals surface area contributed by atoms with Gasteiger partial charge in [0.05, 0.1) is 11.5 Å². The van der Waals surface area contributed by atoms with Gasteiger partial charge in [0, 0.05) is 18.5 Å². The van der Waals surface area contributed by atoms with Crippen LogP contribution in [-0.2, 0) is 15.0 Å². The van der Waals surface area contributed by atoms with Crippen LogP contribution in [0.3, 0.4) is 0 Å². The van der Waals surface area contributed by atoms with E-state index in [1.807, 2.05) is 13.8 Å². The van der Waals surface area contributed by atoms with E-state index in [0.29, 0.717) is 12.1 Å². The van der Waals surface area contributed by atoms with Gasteiger partial charge in [-0.15, -0.1) is 0 Å². The average Bonchev–Trinajstić information content (AvgIpc) is 2.39. The van der Waals surface area contributed by atoms with Crippen molar-refractivity contribution >= 4 is 17.6 Å². The maximum atomic E-state index is 11.6. The minimum atomic E-state index is -0.902. The summed E-state index contributed by atoms with van der Waals surface area (Å²) in [5, 5.41) is 20.2. The number of benzene rings is 1. The highest BCUT2D eigenvalue weighted by molar-refractivity contribution is 5.90. The standard InChI is InChI=1S/C15H18N2O3/c1-15(2,10-16)11-6-8-12(9-7-11)17-13(18)4-3-5-14(19)20/h6-9H,3-5H2,1-2H3,(H,17,18)(H,19,20). The summed E-state index contributed by atoms with van der Waals surface area (Å²) in [7, 11) is 0. The largest absolute Gasteiger partial charge is 0.481 e. The van der Waals surface area contributed by atoms with Crippen molar-refractivity contribution in [3.8, 4) is 6.07 Å². The van der Waals surface area contributed by atoms with Gasteiger partial charge in [-0.2, -0.15) is 5.26 Å². The molecule has 0 radical (unpaired) electrons. The molecular formula is C15H18N2O3. The van der Waals surface area contributed by atoms with Gasteiger partial charge in [-0.05, 0) is 38.0 Å². The first-order chi connectivity index (χ1) is 9.35. The maximum Gasteiger partial charge on any atom is 0.303 e. The Morgan fingerprint density at radius 2 is 1.85 bits per heavy atom. The summed E-state index contributed by atoms with van der Waals surface area (Å²) in [4.78, 5) is 21.9. The highest BCUT2D eigenvalue weighted by Gasteiger charge is 2.19. The van der Waals surface area contributed by atoms with Crippen molar-refractivity contribution in [2.24, 2.45) is 0 Å². The van der Waals surface area contributed by atoms with Crippen LogP contribution >= 0.6 is 0 Å². The Morgan fingerprint density at radius 1 is 1.25 bits per heavy atom. The van der Waals surface area contributed by atoms with Crippen molar-refractivity contribution < 1.29 is 14.7 Å². The van der Waals surface area contributed by atoms with E-state index in [0.717, 1.165) is 5.56 Å². The summed E-state index contributed by atoms with van der Waals surface area (Å²) in [5.41, 5.74) is 0.955. The third-order valence-corrected chi connectivity index (χ3v) is 2.96. The average molecular weight is 274 g/mol. The summed E-state index contributed by atoms with van der Waals surface area (Å²) in [5.74, 6) is -1.11. The van der Waals surface area contributed by atoms with Crippen LogP contribution in [0.2, 0.25) is 0 Å². The molecule has 1 amide bonds. The summed E-state index contributed by atoms with van der Waals surface area (Å²) in [6.45, 7) is 3.65. The number of carboxylic acids is 1. The molecule has 0 fully saturated rings. The van der Waals surface area contributed by atoms with Gasteiger partial charge in [0.15, 0.2) is 0 Å². The molecule has 0 spiro atoms. The van der Waals surface area contributed by atoms with Gasteiger partial charge in [-0.25, -0.2) is 0 Å². The molecule has 0 aliphatic heterocycles. The Morgan fingerprint density at radius 3 is 2.35 bits per heavy atom. The number of carboxylic acid groups (broad SMARTS) is 1. The van der Waals surface area contributed by atoms with Gasteiger partial charge < -0.3 is 10.4 Å². The van der Waals surface area contributed by atoms with Gasteiger partial charge in [-0.1, -0.05) is 12.1 Å². The SMILES string of the molecule is CC(C)(C#N)c1ccc(NC(=O)CCCC(=O)O)cc1. The number of nitrogens with one attached hydrogen (secondary N) is 1. The fraction of sp³-hybridized carbons (Fsp3) is 0.400. The number of hydrogen-bond acceptors (Lipinski definition) is 3. The topological polar surface area (TPSA) is 90.2 Å². The van der Waals surface area contributed by atoms with Crippen LogP contribution in [-0.4, -0.2) is 17.0 Å². The van der Waals surface area contributed by atoms with Gasteiger partial charge >= 0.3 is 5.97 Å². The minimum Gasteiger partial charge on any atom is -0.481 e. The molecule has 0 aromatic heterocycles. The number of amides is 1. The maximum absolute atomic E-state index is 11.6. The van der Waals surface area contributed by atoms with E-state index >= 15 is 0 Å². The monoisotopic (exact) mass is 274 g/mol. The van der Waals surface area contributed by atoms with Gasteiger partial charge in [-0.3, -0.25) is 9.59 Å². The fourth-order valence-corrected chi connectivity index (χ4v) is 1.66. The van der Waals surface area contributed by atoms with Crippen molar-refractivity contribution in [1.29, 1.82) is 5.26 Å². The van der Waals surface area contributed by atoms with Gasteiger partial charge in [0.25, 0.3) is 0 Å². The first-order valence-corrected chi connectivity index (χ1v) is 6.38. The molecule has 0 saturated carbocycles. The number of aliphatic carboxylic acids is 1. The molecule has 0 saturated heterocycles. The number of carbonyl (C=O) groups is 2. The lowest BCUT2D eigenvalue weighted by molar-refractivity contribution is -0.137. The zero-order valence-electron chi connectivity index (χ0n) is 11.6. The van der Waals surface area contributed by atoms with Crippen LogP contribution in [0.25, 0.3) is 0 Å². The van der Waals surface area contributed by atoms with E-state index in [1.165, 1.54) is 0 Å². The second-order valence-electron chi connectivity index (χ2n) is 5.11. The Labute approximate surface area is 118 Å². The number of nitrogens with zero attached hydrogens (tertiary/aromatic N) is 1. The zero-order valence-corrected chi connectivity index (χ0v) is 11.6. The molecule has 5 nitrogen and oxygen atoms in total. The van der Waals surface area contributed by atoms with Crippen LogP contribution in [0.15, 0.2) is 24.3 Å². The van der Waals surface area contributed by atoms with Crippen LogP contribution in [0.4, 0.5) is 5.69 Å². The first kappa shape index (κ1) is 15.7. The van der Waals surface area contributed by atoms with E-state index in [9.17, 15) is 9.59 Å². The Bertz CT molecular complexity index is 527. The molecule has 2 N–H and O–H groups in total. The second kappa shape index (κ2) is 6.71. The molecule has 1 rings (SSSR count). The Balaban J connectivity index is 2.56. The van der Waals surface area contributed by atoms with E-state index in [4.69, 9.17) is 10.4 Å². The van der Waals surface area contributed by atoms with Crippen molar-refractivity contribution in [3.05, 3.63) is 29.8 Å². The number of carbonyl (C=O) groups excluding carboxylic acids is 1. The quantitative estimate of drug-likeness (QED) is 0.834.